The van der Waals surface area contributed by atoms with Gasteiger partial charge in [0.2, 0.25) is 0 Å². The molecule has 0 saturated heterocycles. The minimum absolute atomic E-state index is 0.0556. The Balaban J connectivity index is 3.04. The second-order valence-corrected chi connectivity index (χ2v) is 8.16. The fraction of sp³-hybridized carbons (Fsp3) is 0.842. The van der Waals surface area contributed by atoms with Crippen molar-refractivity contribution in [3.05, 3.63) is 11.6 Å². The van der Waals surface area contributed by atoms with Crippen molar-refractivity contribution in [2.45, 2.75) is 92.6 Å². The highest BCUT2D eigenvalue weighted by Gasteiger charge is 2.47. The third-order valence-electron chi connectivity index (χ3n) is 5.28. The van der Waals surface area contributed by atoms with E-state index < -0.39 is 5.41 Å². The summed E-state index contributed by atoms with van der Waals surface area (Å²) in [6.07, 6.45) is 8.67. The predicted molar refractivity (Wildman–Crippen MR) is 89.2 cm³/mol. The van der Waals surface area contributed by atoms with Gasteiger partial charge in [0, 0.05) is 0 Å². The SMILES string of the molecule is CCC1(OC(=O)C(C)(C=C(C)C)C(C)(C)C)CCCCC1. The standard InChI is InChI=1S/C19H34O2/c1-8-19(12-10-9-11-13-19)21-16(20)18(7,14-15(2)3)17(4,5)6/h14H,8-13H2,1-7H3. The normalized spacial score (nSPS) is 21.3. The van der Waals surface area contributed by atoms with Gasteiger partial charge < -0.3 is 4.74 Å². The van der Waals surface area contributed by atoms with Crippen molar-refractivity contribution in [1.82, 2.24) is 0 Å². The van der Waals surface area contributed by atoms with Gasteiger partial charge in [-0.25, -0.2) is 0 Å². The van der Waals surface area contributed by atoms with Gasteiger partial charge in [-0.1, -0.05) is 45.8 Å². The predicted octanol–water partition coefficient (Wildman–Crippen LogP) is 5.66. The highest BCUT2D eigenvalue weighted by atomic mass is 16.6. The van der Waals surface area contributed by atoms with E-state index in [0.717, 1.165) is 19.3 Å². The van der Waals surface area contributed by atoms with Crippen molar-refractivity contribution >= 4 is 5.97 Å². The van der Waals surface area contributed by atoms with Crippen LogP contribution in [0.1, 0.15) is 87.0 Å². The summed E-state index contributed by atoms with van der Waals surface area (Å²) in [5.41, 5.74) is 0.201. The average molecular weight is 294 g/mol. The Bertz CT molecular complexity index is 390. The Morgan fingerprint density at radius 1 is 1.10 bits per heavy atom. The van der Waals surface area contributed by atoms with Crippen molar-refractivity contribution in [2.75, 3.05) is 0 Å². The monoisotopic (exact) mass is 294 g/mol. The smallest absolute Gasteiger partial charge is 0.316 e. The fourth-order valence-electron chi connectivity index (χ4n) is 3.19. The van der Waals surface area contributed by atoms with Crippen LogP contribution in [-0.2, 0) is 9.53 Å². The largest absolute Gasteiger partial charge is 0.458 e. The molecule has 122 valence electrons. The van der Waals surface area contributed by atoms with Crippen molar-refractivity contribution < 1.29 is 9.53 Å². The summed E-state index contributed by atoms with van der Waals surface area (Å²) in [7, 11) is 0. The molecule has 0 aromatic rings. The van der Waals surface area contributed by atoms with Crippen LogP contribution in [0.4, 0.5) is 0 Å². The quantitative estimate of drug-likeness (QED) is 0.494. The van der Waals surface area contributed by atoms with Crippen LogP contribution < -0.4 is 0 Å². The molecule has 1 aliphatic rings. The van der Waals surface area contributed by atoms with E-state index in [2.05, 4.69) is 33.8 Å². The molecule has 1 saturated carbocycles. The van der Waals surface area contributed by atoms with Crippen LogP contribution in [0.25, 0.3) is 0 Å². The first-order valence-corrected chi connectivity index (χ1v) is 8.46. The van der Waals surface area contributed by atoms with Gasteiger partial charge in [-0.15, -0.1) is 0 Å². The molecule has 1 atom stereocenters. The molecule has 0 amide bonds. The number of rotatable bonds is 4. The maximum atomic E-state index is 13.0. The van der Waals surface area contributed by atoms with Crippen molar-refractivity contribution in [3.8, 4) is 0 Å². The number of carbonyl (C=O) groups is 1. The van der Waals surface area contributed by atoms with E-state index in [-0.39, 0.29) is 17.0 Å². The molecule has 0 aromatic heterocycles. The van der Waals surface area contributed by atoms with Crippen LogP contribution in [0.2, 0.25) is 0 Å². The summed E-state index contributed by atoms with van der Waals surface area (Å²) in [6, 6.07) is 0. The number of hydrogen-bond acceptors (Lipinski definition) is 2. The Morgan fingerprint density at radius 2 is 1.62 bits per heavy atom. The summed E-state index contributed by atoms with van der Waals surface area (Å²) in [4.78, 5) is 13.0. The molecule has 0 radical (unpaired) electrons. The van der Waals surface area contributed by atoms with Gasteiger partial charge in [-0.05, 0) is 58.3 Å². The third kappa shape index (κ3) is 4.11. The van der Waals surface area contributed by atoms with Crippen LogP contribution >= 0.6 is 0 Å². The molecule has 1 unspecified atom stereocenters. The second kappa shape index (κ2) is 6.54. The highest BCUT2D eigenvalue weighted by molar-refractivity contribution is 5.80. The average Bonchev–Trinajstić information content (AvgIpc) is 2.37. The number of hydrogen-bond donors (Lipinski definition) is 0. The molecule has 21 heavy (non-hydrogen) atoms. The molecule has 0 spiro atoms. The van der Waals surface area contributed by atoms with E-state index in [1.807, 2.05) is 20.8 Å². The number of ether oxygens (including phenoxy) is 1. The first-order chi connectivity index (χ1) is 9.56. The first kappa shape index (κ1) is 18.3. The summed E-state index contributed by atoms with van der Waals surface area (Å²) >= 11 is 0. The van der Waals surface area contributed by atoms with Crippen LogP contribution in [0.5, 0.6) is 0 Å². The van der Waals surface area contributed by atoms with E-state index in [1.165, 1.54) is 24.8 Å². The van der Waals surface area contributed by atoms with Gasteiger partial charge in [0.25, 0.3) is 0 Å². The van der Waals surface area contributed by atoms with Crippen molar-refractivity contribution in [3.63, 3.8) is 0 Å². The van der Waals surface area contributed by atoms with Crippen molar-refractivity contribution in [2.24, 2.45) is 10.8 Å². The topological polar surface area (TPSA) is 26.3 Å². The molecule has 1 rings (SSSR count). The lowest BCUT2D eigenvalue weighted by molar-refractivity contribution is -0.178. The van der Waals surface area contributed by atoms with E-state index in [4.69, 9.17) is 4.74 Å². The molecule has 1 aliphatic carbocycles. The maximum absolute atomic E-state index is 13.0. The van der Waals surface area contributed by atoms with Crippen LogP contribution in [0, 0.1) is 10.8 Å². The molecule has 0 N–H and O–H groups in total. The highest BCUT2D eigenvalue weighted by Crippen LogP contribution is 2.44. The Kier molecular flexibility index (Phi) is 5.69. The molecule has 0 aromatic carbocycles. The van der Waals surface area contributed by atoms with E-state index >= 15 is 0 Å². The third-order valence-corrected chi connectivity index (χ3v) is 5.28. The van der Waals surface area contributed by atoms with Crippen molar-refractivity contribution in [1.29, 1.82) is 0 Å². The Hall–Kier alpha value is -0.790. The molecule has 0 aliphatic heterocycles. The zero-order valence-corrected chi connectivity index (χ0v) is 15.1. The zero-order chi connectivity index (χ0) is 16.3. The molecule has 0 bridgehead atoms. The lowest BCUT2D eigenvalue weighted by Crippen LogP contribution is -2.46. The van der Waals surface area contributed by atoms with Gasteiger partial charge in [0.05, 0.1) is 5.41 Å². The number of carbonyl (C=O) groups excluding carboxylic acids is 1. The lowest BCUT2D eigenvalue weighted by Gasteiger charge is -2.43. The summed E-state index contributed by atoms with van der Waals surface area (Å²) in [5.74, 6) is -0.0556. The molecule has 2 nitrogen and oxygen atoms in total. The van der Waals surface area contributed by atoms with Gasteiger partial charge in [-0.2, -0.15) is 0 Å². The van der Waals surface area contributed by atoms with Gasteiger partial charge in [0.1, 0.15) is 5.60 Å². The Morgan fingerprint density at radius 3 is 2.00 bits per heavy atom. The fourth-order valence-corrected chi connectivity index (χ4v) is 3.19. The first-order valence-electron chi connectivity index (χ1n) is 8.46. The lowest BCUT2D eigenvalue weighted by atomic mass is 9.67. The van der Waals surface area contributed by atoms with E-state index in [1.54, 1.807) is 0 Å². The molecule has 0 heterocycles. The summed E-state index contributed by atoms with van der Waals surface area (Å²) in [6.45, 7) is 14.6. The van der Waals surface area contributed by atoms with E-state index in [0.29, 0.717) is 0 Å². The van der Waals surface area contributed by atoms with Crippen LogP contribution in [0.3, 0.4) is 0 Å². The van der Waals surface area contributed by atoms with E-state index in [9.17, 15) is 4.79 Å². The minimum atomic E-state index is -0.578. The molecule has 1 fully saturated rings. The van der Waals surface area contributed by atoms with Gasteiger partial charge in [0.15, 0.2) is 0 Å². The molecular formula is C19H34O2. The summed E-state index contributed by atoms with van der Waals surface area (Å²) in [5, 5.41) is 0. The van der Waals surface area contributed by atoms with Crippen LogP contribution in [-0.4, -0.2) is 11.6 Å². The zero-order valence-electron chi connectivity index (χ0n) is 15.1. The van der Waals surface area contributed by atoms with Gasteiger partial charge >= 0.3 is 5.97 Å². The van der Waals surface area contributed by atoms with Gasteiger partial charge in [-0.3, -0.25) is 4.79 Å². The summed E-state index contributed by atoms with van der Waals surface area (Å²) < 4.78 is 6.14. The molecular weight excluding hydrogens is 260 g/mol. The number of allylic oxidation sites excluding steroid dienone is 1. The minimum Gasteiger partial charge on any atom is -0.458 e. The Labute approximate surface area is 131 Å². The second-order valence-electron chi connectivity index (χ2n) is 8.16. The molecule has 2 heteroatoms. The van der Waals surface area contributed by atoms with Crippen LogP contribution in [0.15, 0.2) is 11.6 Å². The maximum Gasteiger partial charge on any atom is 0.316 e. The number of esters is 1.